The van der Waals surface area contributed by atoms with Crippen molar-refractivity contribution in [3.63, 3.8) is 0 Å². The van der Waals surface area contributed by atoms with Gasteiger partial charge >= 0.3 is 17.1 Å². The molecule has 6 heavy (non-hydrogen) atoms. The molecule has 0 fully saturated rings. The van der Waals surface area contributed by atoms with Crippen LogP contribution in [-0.2, 0) is 17.1 Å². The molecule has 0 aliphatic rings. The molecule has 0 spiro atoms. The number of hydrogen-bond donors (Lipinski definition) is 2. The van der Waals surface area contributed by atoms with Gasteiger partial charge in [-0.15, -0.1) is 0 Å². The third-order valence-electron chi connectivity index (χ3n) is 0.129. The third-order valence-corrected chi connectivity index (χ3v) is 0.129. The molecule has 0 rings (SSSR count). The fourth-order valence-corrected chi connectivity index (χ4v) is 0. The Balaban J connectivity index is -0.0000000450. The molecule has 0 amide bonds. The first-order chi connectivity index (χ1) is 1.91. The van der Waals surface area contributed by atoms with Crippen molar-refractivity contribution < 1.29 is 34.6 Å². The van der Waals surface area contributed by atoms with Gasteiger partial charge in [-0.1, -0.05) is 0 Å². The molecular weight excluding hydrogens is 153 g/mol. The minimum absolute atomic E-state index is 0. The molecule has 0 aromatic carbocycles. The summed E-state index contributed by atoms with van der Waals surface area (Å²) in [7, 11) is 0. The molecule has 44 valence electrons. The average molecular weight is 160 g/mol. The zero-order valence-electron chi connectivity index (χ0n) is 3.12. The van der Waals surface area contributed by atoms with Crippen molar-refractivity contribution in [3.05, 3.63) is 0 Å². The maximum atomic E-state index is 7.75. The van der Waals surface area contributed by atoms with Crippen LogP contribution >= 0.6 is 0 Å². The minimum atomic E-state index is 0. The van der Waals surface area contributed by atoms with Crippen LogP contribution in [-0.4, -0.2) is 18.3 Å². The Bertz CT molecular complexity index is 15.5. The van der Waals surface area contributed by atoms with Gasteiger partial charge in [-0.25, -0.2) is 0 Å². The number of halogens is 1. The van der Waals surface area contributed by atoms with E-state index < -0.39 is 0 Å². The van der Waals surface area contributed by atoms with Gasteiger partial charge < -0.3 is 23.2 Å². The van der Waals surface area contributed by atoms with Gasteiger partial charge in [0.2, 0.25) is 0 Å². The van der Waals surface area contributed by atoms with E-state index in [9.17, 15) is 0 Å². The zero-order valence-corrected chi connectivity index (χ0v) is 4.82. The molecule has 0 unspecified atom stereocenters. The van der Waals surface area contributed by atoms with E-state index in [-0.39, 0.29) is 36.1 Å². The molecule has 0 aliphatic heterocycles. The number of hydrogen-bond acceptors (Lipinski definition) is 2. The second-order valence-corrected chi connectivity index (χ2v) is 0.512. The summed E-state index contributed by atoms with van der Waals surface area (Å²) in [6.07, 6.45) is 0. The first kappa shape index (κ1) is 15.9. The number of rotatable bonds is 1. The number of aliphatic hydroxyl groups excluding tert-OH is 1. The molecule has 0 saturated heterocycles. The molecule has 0 aromatic heterocycles. The molecule has 0 atom stereocenters. The molecule has 0 aromatic rings. The Hall–Kier alpha value is 0.729. The van der Waals surface area contributed by atoms with Crippen LogP contribution in [0.3, 0.4) is 0 Å². The van der Waals surface area contributed by atoms with Crippen molar-refractivity contribution in [1.29, 1.82) is 0 Å². The van der Waals surface area contributed by atoms with Crippen molar-refractivity contribution in [2.45, 2.75) is 0 Å². The predicted octanol–water partition coefficient (Wildman–Crippen LogP) is -4.06. The molecule has 2 nitrogen and oxygen atoms in total. The number of aliphatic hydroxyl groups is 1. The predicted molar refractivity (Wildman–Crippen MR) is 16.1 cm³/mol. The average Bonchev–Trinajstić information content (AvgIpc) is 1.37. The maximum absolute atomic E-state index is 7.75. The van der Waals surface area contributed by atoms with E-state index in [2.05, 4.69) is 0 Å². The molecule has 0 saturated carbocycles. The van der Waals surface area contributed by atoms with Crippen LogP contribution in [0.1, 0.15) is 0 Å². The van der Waals surface area contributed by atoms with Crippen LogP contribution in [0, 0.1) is 0 Å². The Labute approximate surface area is 54.0 Å². The van der Waals surface area contributed by atoms with E-state index in [0.29, 0.717) is 6.54 Å². The van der Waals surface area contributed by atoms with Crippen LogP contribution < -0.4 is 18.1 Å². The van der Waals surface area contributed by atoms with Crippen molar-refractivity contribution in [2.75, 3.05) is 13.2 Å². The van der Waals surface area contributed by atoms with Gasteiger partial charge in [0.25, 0.3) is 0 Å². The van der Waals surface area contributed by atoms with E-state index in [1.165, 1.54) is 0 Å². The summed E-state index contributed by atoms with van der Waals surface area (Å²) in [6.45, 7) is 0.472. The summed E-state index contributed by atoms with van der Waals surface area (Å²) >= 11 is 0. The van der Waals surface area contributed by atoms with E-state index in [0.717, 1.165) is 0 Å². The van der Waals surface area contributed by atoms with Gasteiger partial charge in [0.05, 0.1) is 6.61 Å². The number of nitrogens with two attached hydrogens (primary N) is 1. The molecule has 3 N–H and O–H groups in total. The van der Waals surface area contributed by atoms with Gasteiger partial charge in [-0.2, -0.15) is 0 Å². The molecule has 0 heterocycles. The summed E-state index contributed by atoms with van der Waals surface area (Å²) in [4.78, 5) is 0. The topological polar surface area (TPSA) is 46.2 Å². The van der Waals surface area contributed by atoms with Crippen molar-refractivity contribution >= 4 is 0 Å². The Morgan fingerprint density at radius 1 is 1.50 bits per heavy atom. The van der Waals surface area contributed by atoms with Crippen molar-refractivity contribution in [3.8, 4) is 0 Å². The fraction of sp³-hybridized carbons (Fsp3) is 1.00. The van der Waals surface area contributed by atoms with Crippen molar-refractivity contribution in [1.82, 2.24) is 0 Å². The zero-order chi connectivity index (χ0) is 3.41. The summed E-state index contributed by atoms with van der Waals surface area (Å²) < 4.78 is 0. The normalized spacial score (nSPS) is 5.00. The summed E-state index contributed by atoms with van der Waals surface area (Å²) in [5, 5.41) is 7.75. The van der Waals surface area contributed by atoms with Gasteiger partial charge in [0, 0.05) is 6.54 Å². The van der Waals surface area contributed by atoms with Gasteiger partial charge in [0.1, 0.15) is 0 Å². The minimum Gasteiger partial charge on any atom is -1.00 e. The molecular formula is C2H7ClCuNO. The first-order valence-corrected chi connectivity index (χ1v) is 1.22. The van der Waals surface area contributed by atoms with Gasteiger partial charge in [-0.05, 0) is 0 Å². The Kier molecular flexibility index (Phi) is 45.5. The van der Waals surface area contributed by atoms with E-state index in [1.54, 1.807) is 0 Å². The van der Waals surface area contributed by atoms with Crippen molar-refractivity contribution in [2.24, 2.45) is 5.73 Å². The van der Waals surface area contributed by atoms with E-state index in [4.69, 9.17) is 10.8 Å². The molecule has 0 radical (unpaired) electrons. The molecule has 4 heteroatoms. The first-order valence-electron chi connectivity index (χ1n) is 1.22. The molecule has 0 aliphatic carbocycles. The van der Waals surface area contributed by atoms with Crippen LogP contribution in [0.4, 0.5) is 0 Å². The second kappa shape index (κ2) is 17.2. The van der Waals surface area contributed by atoms with Gasteiger partial charge in [0.15, 0.2) is 0 Å². The fourth-order valence-electron chi connectivity index (χ4n) is 0. The van der Waals surface area contributed by atoms with Crippen LogP contribution in [0.25, 0.3) is 0 Å². The Morgan fingerprint density at radius 3 is 1.67 bits per heavy atom. The second-order valence-electron chi connectivity index (χ2n) is 0.512. The summed E-state index contributed by atoms with van der Waals surface area (Å²) in [5.74, 6) is 0. The Morgan fingerprint density at radius 2 is 1.67 bits per heavy atom. The quantitative estimate of drug-likeness (QED) is 0.383. The SMILES string of the molecule is NCCO.[Cl-].[Cu+]. The summed E-state index contributed by atoms with van der Waals surface area (Å²) in [5.41, 5.74) is 4.78. The molecule has 0 bridgehead atoms. The van der Waals surface area contributed by atoms with Crippen LogP contribution in [0.5, 0.6) is 0 Å². The van der Waals surface area contributed by atoms with Crippen LogP contribution in [0.2, 0.25) is 0 Å². The monoisotopic (exact) mass is 159 g/mol. The van der Waals surface area contributed by atoms with E-state index in [1.807, 2.05) is 0 Å². The van der Waals surface area contributed by atoms with E-state index >= 15 is 0 Å². The largest absolute Gasteiger partial charge is 1.00 e. The summed E-state index contributed by atoms with van der Waals surface area (Å²) in [6, 6.07) is 0. The van der Waals surface area contributed by atoms with Gasteiger partial charge in [-0.3, -0.25) is 0 Å². The third kappa shape index (κ3) is 22.0. The standard InChI is InChI=1S/C2H7NO.ClH.Cu/c3-1-2-4;;/h4H,1-3H2;1H;/q;;+1/p-1. The smallest absolute Gasteiger partial charge is 1.00 e. The maximum Gasteiger partial charge on any atom is 1.00 e. The van der Waals surface area contributed by atoms with Crippen LogP contribution in [0.15, 0.2) is 0 Å².